The minimum atomic E-state index is -1.11. The molecular weight excluding hydrogens is 366 g/mol. The molecule has 0 spiro atoms. The van der Waals surface area contributed by atoms with Crippen molar-refractivity contribution in [2.24, 2.45) is 0 Å². The van der Waals surface area contributed by atoms with Gasteiger partial charge in [0, 0.05) is 26.2 Å². The van der Waals surface area contributed by atoms with Crippen molar-refractivity contribution in [2.45, 2.75) is 30.9 Å². The third-order valence-electron chi connectivity index (χ3n) is 4.93. The lowest BCUT2D eigenvalue weighted by Crippen LogP contribution is -2.56. The van der Waals surface area contributed by atoms with Gasteiger partial charge in [0.15, 0.2) is 0 Å². The third kappa shape index (κ3) is 7.33. The number of amides is 2. The van der Waals surface area contributed by atoms with Crippen molar-refractivity contribution in [3.63, 3.8) is 0 Å². The van der Waals surface area contributed by atoms with Gasteiger partial charge in [-0.1, -0.05) is 54.6 Å². The highest BCUT2D eigenvalue weighted by Crippen LogP contribution is 2.16. The zero-order chi connectivity index (χ0) is 21.1. The van der Waals surface area contributed by atoms with Crippen LogP contribution < -0.4 is 10.6 Å². The summed E-state index contributed by atoms with van der Waals surface area (Å²) < 4.78 is 0. The Balaban J connectivity index is 1.93. The topological polar surface area (TPSA) is 81.7 Å². The van der Waals surface area contributed by atoms with E-state index in [9.17, 15) is 14.7 Å². The van der Waals surface area contributed by atoms with Crippen LogP contribution in [-0.2, 0) is 9.59 Å². The molecule has 0 aliphatic carbocycles. The fraction of sp³-hybridized carbons (Fsp3) is 0.391. The summed E-state index contributed by atoms with van der Waals surface area (Å²) in [6.07, 6.45) is 7.98. The van der Waals surface area contributed by atoms with E-state index in [4.69, 9.17) is 0 Å². The molecule has 1 atom stereocenters. The van der Waals surface area contributed by atoms with E-state index in [1.54, 1.807) is 12.2 Å². The van der Waals surface area contributed by atoms with Crippen molar-refractivity contribution in [3.8, 4) is 0 Å². The van der Waals surface area contributed by atoms with Crippen molar-refractivity contribution >= 4 is 17.9 Å². The second-order valence-electron chi connectivity index (χ2n) is 7.31. The lowest BCUT2D eigenvalue weighted by molar-refractivity contribution is -0.134. The first-order valence-corrected chi connectivity index (χ1v) is 9.91. The molecule has 1 heterocycles. The van der Waals surface area contributed by atoms with Gasteiger partial charge in [-0.05, 0) is 18.4 Å². The van der Waals surface area contributed by atoms with Gasteiger partial charge in [-0.15, -0.1) is 13.2 Å². The maximum Gasteiger partial charge on any atom is 0.237 e. The van der Waals surface area contributed by atoms with E-state index >= 15 is 0 Å². The predicted octanol–water partition coefficient (Wildman–Crippen LogP) is 1.89. The van der Waals surface area contributed by atoms with Crippen LogP contribution in [0.1, 0.15) is 24.8 Å². The number of rotatable bonds is 11. The second kappa shape index (κ2) is 11.3. The lowest BCUT2D eigenvalue weighted by atomic mass is 9.95. The van der Waals surface area contributed by atoms with Crippen molar-refractivity contribution in [1.29, 1.82) is 0 Å². The number of hydrogen-bond acceptors (Lipinski definition) is 4. The lowest BCUT2D eigenvalue weighted by Gasteiger charge is -2.34. The maximum atomic E-state index is 12.5. The molecule has 1 aliphatic heterocycles. The van der Waals surface area contributed by atoms with Crippen molar-refractivity contribution in [2.75, 3.05) is 26.2 Å². The summed E-state index contributed by atoms with van der Waals surface area (Å²) in [4.78, 5) is 26.8. The van der Waals surface area contributed by atoms with Gasteiger partial charge in [0.1, 0.15) is 0 Å². The second-order valence-corrected chi connectivity index (χ2v) is 7.31. The van der Waals surface area contributed by atoms with Gasteiger partial charge in [-0.2, -0.15) is 0 Å². The van der Waals surface area contributed by atoms with Gasteiger partial charge < -0.3 is 15.7 Å². The fourth-order valence-electron chi connectivity index (χ4n) is 3.37. The standard InChI is InChI=1S/C23H31N3O3/c1-3-12-23(29,13-4-2)18-25-21(27)17-20-22(28)24-14-16-26(20)15-8-11-19-9-6-5-7-10-19/h3-11,20,29H,1-2,12-18H2,(H,24,28)(H,25,27). The molecule has 0 aromatic heterocycles. The Bertz CT molecular complexity index is 720. The van der Waals surface area contributed by atoms with Gasteiger partial charge in [-0.25, -0.2) is 0 Å². The van der Waals surface area contributed by atoms with E-state index in [-0.39, 0.29) is 24.8 Å². The molecule has 0 bridgehead atoms. The Morgan fingerprint density at radius 1 is 1.28 bits per heavy atom. The zero-order valence-corrected chi connectivity index (χ0v) is 16.8. The molecule has 0 radical (unpaired) electrons. The molecule has 1 fully saturated rings. The quantitative estimate of drug-likeness (QED) is 0.498. The molecule has 156 valence electrons. The Morgan fingerprint density at radius 2 is 1.97 bits per heavy atom. The summed E-state index contributed by atoms with van der Waals surface area (Å²) in [6.45, 7) is 9.21. The van der Waals surface area contributed by atoms with Crippen molar-refractivity contribution in [3.05, 3.63) is 67.3 Å². The Morgan fingerprint density at radius 3 is 2.62 bits per heavy atom. The van der Waals surface area contributed by atoms with Gasteiger partial charge in [0.05, 0.1) is 18.1 Å². The van der Waals surface area contributed by atoms with Gasteiger partial charge in [-0.3, -0.25) is 14.5 Å². The number of benzene rings is 1. The highest BCUT2D eigenvalue weighted by molar-refractivity contribution is 5.88. The first kappa shape index (κ1) is 22.6. The molecule has 2 rings (SSSR count). The first-order chi connectivity index (χ1) is 14.0. The summed E-state index contributed by atoms with van der Waals surface area (Å²) >= 11 is 0. The summed E-state index contributed by atoms with van der Waals surface area (Å²) in [5, 5.41) is 16.1. The minimum absolute atomic E-state index is 0.0449. The summed E-state index contributed by atoms with van der Waals surface area (Å²) in [5.74, 6) is -0.414. The van der Waals surface area contributed by atoms with E-state index in [0.717, 1.165) is 5.56 Å². The van der Waals surface area contributed by atoms with Crippen molar-refractivity contribution < 1.29 is 14.7 Å². The van der Waals surface area contributed by atoms with Crippen LogP contribution in [0.25, 0.3) is 6.08 Å². The molecule has 6 nitrogen and oxygen atoms in total. The minimum Gasteiger partial charge on any atom is -0.387 e. The number of hydrogen-bond donors (Lipinski definition) is 3. The molecule has 1 unspecified atom stereocenters. The van der Waals surface area contributed by atoms with E-state index < -0.39 is 11.6 Å². The summed E-state index contributed by atoms with van der Waals surface area (Å²) in [6, 6.07) is 9.40. The first-order valence-electron chi connectivity index (χ1n) is 9.91. The molecule has 6 heteroatoms. The smallest absolute Gasteiger partial charge is 0.237 e. The number of nitrogens with one attached hydrogen (secondary N) is 2. The number of aliphatic hydroxyl groups is 1. The average molecular weight is 398 g/mol. The normalized spacial score (nSPS) is 17.7. The molecule has 3 N–H and O–H groups in total. The molecule has 29 heavy (non-hydrogen) atoms. The van der Waals surface area contributed by atoms with Crippen molar-refractivity contribution in [1.82, 2.24) is 15.5 Å². The van der Waals surface area contributed by atoms with Crippen LogP contribution in [0.2, 0.25) is 0 Å². The molecular formula is C23H31N3O3. The SMILES string of the molecule is C=CCC(O)(CC=C)CNC(=O)CC1C(=O)NCCN1CC=Cc1ccccc1. The Hall–Kier alpha value is -2.70. The highest BCUT2D eigenvalue weighted by atomic mass is 16.3. The Labute approximate surface area is 173 Å². The van der Waals surface area contributed by atoms with E-state index in [0.29, 0.717) is 32.5 Å². The fourth-order valence-corrected chi connectivity index (χ4v) is 3.37. The predicted molar refractivity (Wildman–Crippen MR) is 116 cm³/mol. The molecule has 1 aromatic rings. The number of carbonyl (C=O) groups excluding carboxylic acids is 2. The highest BCUT2D eigenvalue weighted by Gasteiger charge is 2.32. The van der Waals surface area contributed by atoms with Crippen LogP contribution in [0.15, 0.2) is 61.7 Å². The number of piperazine rings is 1. The van der Waals surface area contributed by atoms with E-state index in [2.05, 4.69) is 23.8 Å². The molecule has 0 saturated carbocycles. The summed E-state index contributed by atoms with van der Waals surface area (Å²) in [5.41, 5.74) is -0.0153. The van der Waals surface area contributed by atoms with Crippen LogP contribution in [0, 0.1) is 0 Å². The van der Waals surface area contributed by atoms with Gasteiger partial charge in [0.2, 0.25) is 11.8 Å². The summed E-state index contributed by atoms with van der Waals surface area (Å²) in [7, 11) is 0. The van der Waals surface area contributed by atoms with Gasteiger partial charge >= 0.3 is 0 Å². The average Bonchev–Trinajstić information content (AvgIpc) is 2.70. The zero-order valence-electron chi connectivity index (χ0n) is 16.8. The van der Waals surface area contributed by atoms with Crippen LogP contribution in [0.5, 0.6) is 0 Å². The number of nitrogens with zero attached hydrogens (tertiary/aromatic N) is 1. The largest absolute Gasteiger partial charge is 0.387 e. The number of carbonyl (C=O) groups is 2. The molecule has 1 aromatic carbocycles. The van der Waals surface area contributed by atoms with Crippen LogP contribution in [0.3, 0.4) is 0 Å². The maximum absolute atomic E-state index is 12.5. The Kier molecular flexibility index (Phi) is 8.83. The molecule has 1 aliphatic rings. The van der Waals surface area contributed by atoms with Crippen LogP contribution in [0.4, 0.5) is 0 Å². The van der Waals surface area contributed by atoms with Gasteiger partial charge in [0.25, 0.3) is 0 Å². The van der Waals surface area contributed by atoms with Crippen LogP contribution >= 0.6 is 0 Å². The monoisotopic (exact) mass is 397 g/mol. The van der Waals surface area contributed by atoms with Crippen LogP contribution in [-0.4, -0.2) is 59.6 Å². The van der Waals surface area contributed by atoms with E-state index in [1.807, 2.05) is 47.4 Å². The molecule has 1 saturated heterocycles. The third-order valence-corrected chi connectivity index (χ3v) is 4.93. The van der Waals surface area contributed by atoms with E-state index in [1.165, 1.54) is 0 Å². The molecule has 2 amide bonds.